The highest BCUT2D eigenvalue weighted by Crippen LogP contribution is 2.17. The predicted molar refractivity (Wildman–Crippen MR) is 47.7 cm³/mol. The molecule has 12 heavy (non-hydrogen) atoms. The van der Waals surface area contributed by atoms with Crippen LogP contribution in [-0.4, -0.2) is 14.4 Å². The molecule has 0 saturated carbocycles. The quantitative estimate of drug-likeness (QED) is 0.613. The number of hydrogen-bond acceptors (Lipinski definition) is 2. The molecule has 0 radical (unpaired) electrons. The van der Waals surface area contributed by atoms with Gasteiger partial charge in [-0.05, 0) is 6.92 Å². The Morgan fingerprint density at radius 3 is 2.92 bits per heavy atom. The molecule has 0 aliphatic rings. The van der Waals surface area contributed by atoms with Crippen molar-refractivity contribution < 1.29 is 0 Å². The second kappa shape index (κ2) is 2.61. The van der Waals surface area contributed by atoms with Gasteiger partial charge < -0.3 is 0 Å². The maximum atomic E-state index is 5.91. The Hall–Kier alpha value is -0.800. The van der Waals surface area contributed by atoms with Gasteiger partial charge in [0.1, 0.15) is 10.3 Å². The van der Waals surface area contributed by atoms with Crippen LogP contribution in [0.3, 0.4) is 0 Å². The summed E-state index contributed by atoms with van der Waals surface area (Å²) < 4.78 is 1.73. The van der Waals surface area contributed by atoms with E-state index < -0.39 is 0 Å². The van der Waals surface area contributed by atoms with Crippen LogP contribution in [0, 0.1) is 6.92 Å². The van der Waals surface area contributed by atoms with Crippen LogP contribution in [-0.2, 0) is 0 Å². The third kappa shape index (κ3) is 1.06. The van der Waals surface area contributed by atoms with Crippen LogP contribution in [0.15, 0.2) is 12.3 Å². The van der Waals surface area contributed by atoms with E-state index in [1.54, 1.807) is 16.7 Å². The van der Waals surface area contributed by atoms with Gasteiger partial charge in [-0.15, -0.1) is 0 Å². The minimum atomic E-state index is 0.359. The molecule has 62 valence electrons. The second-order valence-corrected chi connectivity index (χ2v) is 3.21. The second-order valence-electron chi connectivity index (χ2n) is 2.44. The van der Waals surface area contributed by atoms with Gasteiger partial charge in [-0.2, -0.15) is 0 Å². The van der Waals surface area contributed by atoms with E-state index in [2.05, 4.69) is 9.97 Å². The number of nitrogens with zero attached hydrogens (tertiary/aromatic N) is 3. The molecule has 0 unspecified atom stereocenters. The summed E-state index contributed by atoms with van der Waals surface area (Å²) in [6, 6.07) is 1.59. The monoisotopic (exact) mass is 201 g/mol. The Morgan fingerprint density at radius 1 is 1.42 bits per heavy atom. The Balaban J connectivity index is 2.93. The van der Waals surface area contributed by atoms with Crippen LogP contribution < -0.4 is 0 Å². The molecule has 0 aliphatic heterocycles. The molecule has 2 aromatic heterocycles. The first-order chi connectivity index (χ1) is 5.68. The lowest BCUT2D eigenvalue weighted by molar-refractivity contribution is 1.06. The van der Waals surface area contributed by atoms with Crippen molar-refractivity contribution in [3.63, 3.8) is 0 Å². The van der Waals surface area contributed by atoms with E-state index in [4.69, 9.17) is 23.2 Å². The Bertz CT molecular complexity index is 435. The standard InChI is InChI=1S/C7H5Cl2N3/c1-4-3-10-7-11-5(8)2-6(9)12(4)7/h2-3H,1H3. The fourth-order valence-corrected chi connectivity index (χ4v) is 1.60. The fraction of sp³-hybridized carbons (Fsp3) is 0.143. The van der Waals surface area contributed by atoms with Crippen molar-refractivity contribution in [1.82, 2.24) is 14.4 Å². The van der Waals surface area contributed by atoms with Crippen molar-refractivity contribution in [2.24, 2.45) is 0 Å². The summed E-state index contributed by atoms with van der Waals surface area (Å²) in [4.78, 5) is 8.01. The zero-order valence-electron chi connectivity index (χ0n) is 6.25. The minimum Gasteiger partial charge on any atom is -0.271 e. The van der Waals surface area contributed by atoms with Crippen molar-refractivity contribution >= 4 is 29.0 Å². The van der Waals surface area contributed by atoms with Crippen molar-refractivity contribution in [3.05, 3.63) is 28.3 Å². The van der Waals surface area contributed by atoms with Gasteiger partial charge in [-0.3, -0.25) is 4.40 Å². The van der Waals surface area contributed by atoms with Crippen LogP contribution in [0.1, 0.15) is 5.69 Å². The number of halogens is 2. The zero-order chi connectivity index (χ0) is 8.72. The lowest BCUT2D eigenvalue weighted by Crippen LogP contribution is -1.92. The lowest BCUT2D eigenvalue weighted by atomic mass is 10.5. The zero-order valence-corrected chi connectivity index (χ0v) is 7.76. The molecule has 0 aliphatic carbocycles. The molecule has 0 saturated heterocycles. The van der Waals surface area contributed by atoms with Crippen LogP contribution in [0.2, 0.25) is 10.3 Å². The summed E-state index contributed by atoms with van der Waals surface area (Å²) in [5.74, 6) is 0.532. The number of aryl methyl sites for hydroxylation is 1. The van der Waals surface area contributed by atoms with Crippen LogP contribution >= 0.6 is 23.2 Å². The maximum absolute atomic E-state index is 5.91. The van der Waals surface area contributed by atoms with Crippen molar-refractivity contribution in [1.29, 1.82) is 0 Å². The molecule has 2 heterocycles. The molecule has 0 atom stereocenters. The van der Waals surface area contributed by atoms with Gasteiger partial charge in [0.25, 0.3) is 0 Å². The molecule has 0 N–H and O–H groups in total. The molecule has 5 heteroatoms. The molecular weight excluding hydrogens is 197 g/mol. The summed E-state index contributed by atoms with van der Waals surface area (Å²) in [6.45, 7) is 1.90. The largest absolute Gasteiger partial charge is 0.271 e. The highest BCUT2D eigenvalue weighted by molar-refractivity contribution is 6.33. The van der Waals surface area contributed by atoms with E-state index in [0.717, 1.165) is 5.69 Å². The van der Waals surface area contributed by atoms with Gasteiger partial charge in [0, 0.05) is 11.8 Å². The van der Waals surface area contributed by atoms with Gasteiger partial charge in [0.05, 0.1) is 6.20 Å². The van der Waals surface area contributed by atoms with Gasteiger partial charge in [-0.25, -0.2) is 9.97 Å². The summed E-state index contributed by atoms with van der Waals surface area (Å²) in [6.07, 6.45) is 1.70. The first kappa shape index (κ1) is 7.83. The van der Waals surface area contributed by atoms with E-state index >= 15 is 0 Å². The van der Waals surface area contributed by atoms with E-state index in [9.17, 15) is 0 Å². The topological polar surface area (TPSA) is 30.2 Å². The molecule has 2 rings (SSSR count). The van der Waals surface area contributed by atoms with Gasteiger partial charge in [-0.1, -0.05) is 23.2 Å². The third-order valence-corrected chi connectivity index (χ3v) is 2.05. The molecular formula is C7H5Cl2N3. The maximum Gasteiger partial charge on any atom is 0.236 e. The SMILES string of the molecule is Cc1cnc2nc(Cl)cc(Cl)n12. The highest BCUT2D eigenvalue weighted by atomic mass is 35.5. The van der Waals surface area contributed by atoms with Crippen LogP contribution in [0.5, 0.6) is 0 Å². The number of aromatic nitrogens is 3. The van der Waals surface area contributed by atoms with Gasteiger partial charge >= 0.3 is 0 Å². The normalized spacial score (nSPS) is 10.9. The fourth-order valence-electron chi connectivity index (χ4n) is 1.06. The number of rotatable bonds is 0. The van der Waals surface area contributed by atoms with E-state index in [1.165, 1.54) is 0 Å². The number of imidazole rings is 1. The summed E-state index contributed by atoms with van der Waals surface area (Å²) >= 11 is 11.6. The molecule has 2 aromatic rings. The van der Waals surface area contributed by atoms with E-state index in [1.807, 2.05) is 6.92 Å². The smallest absolute Gasteiger partial charge is 0.236 e. The van der Waals surface area contributed by atoms with Crippen LogP contribution in [0.25, 0.3) is 5.78 Å². The average molecular weight is 202 g/mol. The number of hydrogen-bond donors (Lipinski definition) is 0. The third-order valence-electron chi connectivity index (χ3n) is 1.58. The van der Waals surface area contributed by atoms with Gasteiger partial charge in [0.15, 0.2) is 0 Å². The predicted octanol–water partition coefficient (Wildman–Crippen LogP) is 2.34. The molecule has 0 amide bonds. The van der Waals surface area contributed by atoms with E-state index in [0.29, 0.717) is 16.1 Å². The molecule has 3 nitrogen and oxygen atoms in total. The molecule has 0 spiro atoms. The number of fused-ring (bicyclic) bond motifs is 1. The van der Waals surface area contributed by atoms with Crippen molar-refractivity contribution in [2.45, 2.75) is 6.92 Å². The summed E-state index contributed by atoms with van der Waals surface area (Å²) in [7, 11) is 0. The molecule has 0 fully saturated rings. The van der Waals surface area contributed by atoms with E-state index in [-0.39, 0.29) is 0 Å². The Labute approximate surface area is 79.0 Å². The van der Waals surface area contributed by atoms with Crippen molar-refractivity contribution in [2.75, 3.05) is 0 Å². The Kier molecular flexibility index (Phi) is 1.70. The highest BCUT2D eigenvalue weighted by Gasteiger charge is 2.05. The van der Waals surface area contributed by atoms with Gasteiger partial charge in [0.2, 0.25) is 5.78 Å². The van der Waals surface area contributed by atoms with Crippen LogP contribution in [0.4, 0.5) is 0 Å². The summed E-state index contributed by atoms with van der Waals surface area (Å²) in [5, 5.41) is 0.887. The first-order valence-corrected chi connectivity index (χ1v) is 4.10. The Morgan fingerprint density at radius 2 is 2.17 bits per heavy atom. The molecule has 0 bridgehead atoms. The average Bonchev–Trinajstić information content (AvgIpc) is 2.31. The van der Waals surface area contributed by atoms with Crippen molar-refractivity contribution in [3.8, 4) is 0 Å². The molecule has 0 aromatic carbocycles. The summed E-state index contributed by atoms with van der Waals surface area (Å²) in [5.41, 5.74) is 0.944. The lowest BCUT2D eigenvalue weighted by Gasteiger charge is -1.98. The first-order valence-electron chi connectivity index (χ1n) is 3.34. The minimum absolute atomic E-state index is 0.359.